The van der Waals surface area contributed by atoms with Crippen LogP contribution in [-0.2, 0) is 0 Å². The Hall–Kier alpha value is -0.340. The Morgan fingerprint density at radius 3 is 2.71 bits per heavy atom. The summed E-state index contributed by atoms with van der Waals surface area (Å²) in [4.78, 5) is 2.65. The summed E-state index contributed by atoms with van der Waals surface area (Å²) in [5, 5.41) is 0. The molecule has 2 N–H and O–H groups in total. The van der Waals surface area contributed by atoms with Crippen LogP contribution in [0.2, 0.25) is 0 Å². The average molecular weight is 192 g/mol. The highest BCUT2D eigenvalue weighted by atomic mass is 15.2. The van der Waals surface area contributed by atoms with Crippen molar-refractivity contribution in [1.29, 1.82) is 0 Å². The van der Waals surface area contributed by atoms with Crippen molar-refractivity contribution in [2.75, 3.05) is 19.6 Å². The standard InChI is InChI=1S/C12H20N2/c13-11-2-1-10(7-11)8-14-6-5-12(9-14)3-4-12/h1-2,10-11H,3-9,13H2. The van der Waals surface area contributed by atoms with Gasteiger partial charge in [0.1, 0.15) is 0 Å². The molecular formula is C12H20N2. The van der Waals surface area contributed by atoms with E-state index in [0.29, 0.717) is 6.04 Å². The molecule has 0 amide bonds. The lowest BCUT2D eigenvalue weighted by molar-refractivity contribution is 0.284. The van der Waals surface area contributed by atoms with Crippen molar-refractivity contribution in [3.63, 3.8) is 0 Å². The molecule has 3 rings (SSSR count). The Labute approximate surface area is 86.1 Å². The molecule has 2 nitrogen and oxygen atoms in total. The highest BCUT2D eigenvalue weighted by Gasteiger charge is 2.47. The number of rotatable bonds is 2. The van der Waals surface area contributed by atoms with Crippen molar-refractivity contribution in [3.05, 3.63) is 12.2 Å². The Balaban J connectivity index is 1.51. The van der Waals surface area contributed by atoms with Crippen molar-refractivity contribution in [1.82, 2.24) is 4.90 Å². The molecule has 1 heterocycles. The van der Waals surface area contributed by atoms with Crippen molar-refractivity contribution >= 4 is 0 Å². The molecule has 2 aliphatic carbocycles. The second kappa shape index (κ2) is 3.07. The molecule has 2 unspecified atom stereocenters. The zero-order valence-corrected chi connectivity index (χ0v) is 8.78. The van der Waals surface area contributed by atoms with Gasteiger partial charge in [-0.2, -0.15) is 0 Å². The Morgan fingerprint density at radius 1 is 1.29 bits per heavy atom. The van der Waals surface area contributed by atoms with E-state index in [1.54, 1.807) is 0 Å². The zero-order valence-electron chi connectivity index (χ0n) is 8.78. The Bertz CT molecular complexity index is 255. The van der Waals surface area contributed by atoms with Crippen molar-refractivity contribution < 1.29 is 0 Å². The lowest BCUT2D eigenvalue weighted by atomic mass is 10.1. The predicted molar refractivity (Wildman–Crippen MR) is 57.9 cm³/mol. The number of nitrogens with zero attached hydrogens (tertiary/aromatic N) is 1. The van der Waals surface area contributed by atoms with Gasteiger partial charge in [0.05, 0.1) is 0 Å². The summed E-state index contributed by atoms with van der Waals surface area (Å²) < 4.78 is 0. The van der Waals surface area contributed by atoms with Gasteiger partial charge in [-0.1, -0.05) is 12.2 Å². The van der Waals surface area contributed by atoms with Crippen LogP contribution in [0.4, 0.5) is 0 Å². The van der Waals surface area contributed by atoms with Crippen LogP contribution in [0.1, 0.15) is 25.7 Å². The molecule has 0 aromatic carbocycles. The first-order valence-electron chi connectivity index (χ1n) is 5.92. The molecule has 1 aliphatic heterocycles. The van der Waals surface area contributed by atoms with Crippen LogP contribution in [-0.4, -0.2) is 30.6 Å². The second-order valence-corrected chi connectivity index (χ2v) is 5.53. The molecule has 0 aromatic heterocycles. The third-order valence-electron chi connectivity index (χ3n) is 4.17. The van der Waals surface area contributed by atoms with Gasteiger partial charge in [-0.25, -0.2) is 0 Å². The van der Waals surface area contributed by atoms with Gasteiger partial charge in [0.25, 0.3) is 0 Å². The maximum atomic E-state index is 5.86. The molecular weight excluding hydrogens is 172 g/mol. The largest absolute Gasteiger partial charge is 0.324 e. The molecule has 14 heavy (non-hydrogen) atoms. The molecule has 2 heteroatoms. The number of nitrogens with two attached hydrogens (primary N) is 1. The van der Waals surface area contributed by atoms with Gasteiger partial charge in [-0.15, -0.1) is 0 Å². The first kappa shape index (κ1) is 8.93. The molecule has 1 spiro atoms. The smallest absolute Gasteiger partial charge is 0.0229 e. The highest BCUT2D eigenvalue weighted by molar-refractivity contribution is 5.07. The van der Waals surface area contributed by atoms with E-state index in [1.807, 2.05) is 0 Å². The second-order valence-electron chi connectivity index (χ2n) is 5.53. The van der Waals surface area contributed by atoms with E-state index in [0.717, 1.165) is 11.3 Å². The van der Waals surface area contributed by atoms with Crippen molar-refractivity contribution in [2.24, 2.45) is 17.1 Å². The third kappa shape index (κ3) is 1.61. The third-order valence-corrected chi connectivity index (χ3v) is 4.17. The minimum atomic E-state index is 0.331. The van der Waals surface area contributed by atoms with Gasteiger partial charge < -0.3 is 10.6 Å². The molecule has 2 atom stereocenters. The van der Waals surface area contributed by atoms with Crippen LogP contribution in [0.15, 0.2) is 12.2 Å². The lowest BCUT2D eigenvalue weighted by Gasteiger charge is -2.19. The van der Waals surface area contributed by atoms with Crippen LogP contribution in [0, 0.1) is 11.3 Å². The highest BCUT2D eigenvalue weighted by Crippen LogP contribution is 2.52. The maximum absolute atomic E-state index is 5.86. The fourth-order valence-corrected chi connectivity index (χ4v) is 3.04. The first-order valence-corrected chi connectivity index (χ1v) is 5.92. The molecule has 0 aromatic rings. The van der Waals surface area contributed by atoms with Crippen molar-refractivity contribution in [2.45, 2.75) is 31.7 Å². The fourth-order valence-electron chi connectivity index (χ4n) is 3.04. The van der Waals surface area contributed by atoms with E-state index in [9.17, 15) is 0 Å². The molecule has 1 saturated heterocycles. The molecule has 0 bridgehead atoms. The minimum absolute atomic E-state index is 0.331. The van der Waals surface area contributed by atoms with E-state index in [1.165, 1.54) is 45.3 Å². The van der Waals surface area contributed by atoms with E-state index in [-0.39, 0.29) is 0 Å². The summed E-state index contributed by atoms with van der Waals surface area (Å²) in [6.45, 7) is 3.96. The van der Waals surface area contributed by atoms with E-state index >= 15 is 0 Å². The van der Waals surface area contributed by atoms with Gasteiger partial charge in [0.15, 0.2) is 0 Å². The molecule has 3 aliphatic rings. The summed E-state index contributed by atoms with van der Waals surface area (Å²) in [6.07, 6.45) is 10.1. The first-order chi connectivity index (χ1) is 6.76. The van der Waals surface area contributed by atoms with Gasteiger partial charge in [0.2, 0.25) is 0 Å². The van der Waals surface area contributed by atoms with Crippen molar-refractivity contribution in [3.8, 4) is 0 Å². The molecule has 78 valence electrons. The van der Waals surface area contributed by atoms with Gasteiger partial charge in [-0.05, 0) is 43.6 Å². The van der Waals surface area contributed by atoms with E-state index < -0.39 is 0 Å². The van der Waals surface area contributed by atoms with Crippen LogP contribution in [0.5, 0.6) is 0 Å². The Kier molecular flexibility index (Phi) is 1.96. The van der Waals surface area contributed by atoms with Gasteiger partial charge >= 0.3 is 0 Å². The Morgan fingerprint density at radius 2 is 2.14 bits per heavy atom. The monoisotopic (exact) mass is 192 g/mol. The summed E-state index contributed by atoms with van der Waals surface area (Å²) in [6, 6.07) is 0.331. The predicted octanol–water partition coefficient (Wildman–Crippen LogP) is 1.38. The van der Waals surface area contributed by atoms with E-state index in [4.69, 9.17) is 5.73 Å². The maximum Gasteiger partial charge on any atom is 0.0229 e. The minimum Gasteiger partial charge on any atom is -0.324 e. The van der Waals surface area contributed by atoms with Crippen LogP contribution in [0.25, 0.3) is 0 Å². The summed E-state index contributed by atoms with van der Waals surface area (Å²) >= 11 is 0. The number of likely N-dealkylation sites (tertiary alicyclic amines) is 1. The average Bonchev–Trinajstić information content (AvgIpc) is 2.58. The summed E-state index contributed by atoms with van der Waals surface area (Å²) in [5.74, 6) is 0.735. The normalized spacial score (nSPS) is 39.8. The molecule has 2 fully saturated rings. The summed E-state index contributed by atoms with van der Waals surface area (Å²) in [5.41, 5.74) is 6.64. The van der Waals surface area contributed by atoms with Crippen LogP contribution >= 0.6 is 0 Å². The fraction of sp³-hybridized carbons (Fsp3) is 0.833. The lowest BCUT2D eigenvalue weighted by Crippen LogP contribution is -2.28. The molecule has 0 radical (unpaired) electrons. The van der Waals surface area contributed by atoms with Gasteiger partial charge in [-0.3, -0.25) is 0 Å². The number of hydrogen-bond acceptors (Lipinski definition) is 2. The van der Waals surface area contributed by atoms with Gasteiger partial charge in [0, 0.05) is 19.1 Å². The topological polar surface area (TPSA) is 29.3 Å². The number of hydrogen-bond donors (Lipinski definition) is 1. The van der Waals surface area contributed by atoms with E-state index in [2.05, 4.69) is 17.1 Å². The SMILES string of the molecule is NC1C=CC(CN2CCC3(CC3)C2)C1. The quantitative estimate of drug-likeness (QED) is 0.670. The van der Waals surface area contributed by atoms with Crippen LogP contribution < -0.4 is 5.73 Å². The molecule has 1 saturated carbocycles. The zero-order chi connectivity index (χ0) is 9.60. The summed E-state index contributed by atoms with van der Waals surface area (Å²) in [7, 11) is 0. The van der Waals surface area contributed by atoms with Crippen LogP contribution in [0.3, 0.4) is 0 Å².